The number of ether oxygens (including phenoxy) is 1. The molecule has 0 radical (unpaired) electrons. The van der Waals surface area contributed by atoms with Crippen molar-refractivity contribution in [1.29, 1.82) is 0 Å². The number of carbonyl (C=O) groups excluding carboxylic acids is 2. The molecule has 0 aliphatic carbocycles. The van der Waals surface area contributed by atoms with Crippen molar-refractivity contribution in [2.45, 2.75) is 219 Å². The summed E-state index contributed by atoms with van der Waals surface area (Å²) in [5, 5.41) is 2.97. The highest BCUT2D eigenvalue weighted by Gasteiger charge is 2.27. The van der Waals surface area contributed by atoms with E-state index in [0.29, 0.717) is 30.3 Å². The van der Waals surface area contributed by atoms with Crippen LogP contribution in [0.5, 0.6) is 0 Å². The number of carbonyl (C=O) groups is 2. The second-order valence-corrected chi connectivity index (χ2v) is 21.8. The monoisotopic (exact) mass is 1070 g/mol. The SMILES string of the molecule is CC/C=C\C/C=C\C/C=C\C/C=C\C/C=C\C/C=C\CCCCC(=O)OC(/C=C/CCCCCCCCCCCC)C(COP(=O)([O-])OCC[N+](C)(C)C)NC(=O)CCC/C=C\C/C=C\C/C=C\C/C=C\C/C=C\CC. The molecule has 0 saturated heterocycles. The number of esters is 1. The first-order valence-electron chi connectivity index (χ1n) is 29.6. The van der Waals surface area contributed by atoms with E-state index < -0.39 is 32.5 Å². The Balaban J connectivity index is 5.49. The quantitative estimate of drug-likeness (QED) is 0.0212. The largest absolute Gasteiger partial charge is 0.756 e. The summed E-state index contributed by atoms with van der Waals surface area (Å²) in [7, 11) is 1.10. The zero-order chi connectivity index (χ0) is 55.7. The molecule has 0 aromatic rings. The third kappa shape index (κ3) is 54.7. The molecule has 0 spiro atoms. The smallest absolute Gasteiger partial charge is 0.306 e. The number of nitrogens with zero attached hydrogens (tertiary/aromatic N) is 1. The van der Waals surface area contributed by atoms with Gasteiger partial charge in [-0.15, -0.1) is 0 Å². The highest BCUT2D eigenvalue weighted by molar-refractivity contribution is 7.45. The van der Waals surface area contributed by atoms with E-state index in [0.717, 1.165) is 103 Å². The molecular formula is C66H109N2O7P. The van der Waals surface area contributed by atoms with Gasteiger partial charge in [0.1, 0.15) is 19.3 Å². The van der Waals surface area contributed by atoms with Crippen LogP contribution in [0.15, 0.2) is 146 Å². The van der Waals surface area contributed by atoms with E-state index in [1.807, 2.05) is 27.2 Å². The van der Waals surface area contributed by atoms with Crippen molar-refractivity contribution >= 4 is 19.7 Å². The summed E-state index contributed by atoms with van der Waals surface area (Å²) in [6.07, 6.45) is 78.3. The fourth-order valence-electron chi connectivity index (χ4n) is 7.50. The average molecular weight is 1070 g/mol. The highest BCUT2D eigenvalue weighted by Crippen LogP contribution is 2.38. The van der Waals surface area contributed by atoms with Crippen molar-refractivity contribution in [3.05, 3.63) is 146 Å². The summed E-state index contributed by atoms with van der Waals surface area (Å²) in [4.78, 5) is 39.9. The molecule has 0 aromatic carbocycles. The Labute approximate surface area is 466 Å². The molecule has 0 bridgehead atoms. The van der Waals surface area contributed by atoms with Crippen LogP contribution in [-0.4, -0.2) is 69.4 Å². The van der Waals surface area contributed by atoms with Crippen molar-refractivity contribution in [1.82, 2.24) is 5.32 Å². The molecule has 1 amide bonds. The predicted octanol–water partition coefficient (Wildman–Crippen LogP) is 17.6. The molecule has 0 fully saturated rings. The van der Waals surface area contributed by atoms with Crippen LogP contribution in [0.1, 0.15) is 207 Å². The Kier molecular flexibility index (Phi) is 51.3. The number of phosphoric ester groups is 1. The van der Waals surface area contributed by atoms with E-state index >= 15 is 0 Å². The Morgan fingerprint density at radius 1 is 0.474 bits per heavy atom. The van der Waals surface area contributed by atoms with Gasteiger partial charge < -0.3 is 28.5 Å². The fraction of sp³-hybridized carbons (Fsp3) is 0.606. The minimum atomic E-state index is -4.73. The molecule has 0 heterocycles. The number of hydrogen-bond acceptors (Lipinski definition) is 7. The molecule has 10 heteroatoms. The van der Waals surface area contributed by atoms with Crippen molar-refractivity contribution < 1.29 is 37.3 Å². The Bertz CT molecular complexity index is 1810. The number of quaternary nitrogens is 1. The maximum absolute atomic E-state index is 13.5. The number of phosphoric acid groups is 1. The van der Waals surface area contributed by atoms with E-state index in [1.165, 1.54) is 51.4 Å². The van der Waals surface area contributed by atoms with Crippen molar-refractivity contribution in [2.24, 2.45) is 0 Å². The Morgan fingerprint density at radius 3 is 1.29 bits per heavy atom. The van der Waals surface area contributed by atoms with Gasteiger partial charge in [-0.3, -0.25) is 14.2 Å². The Morgan fingerprint density at radius 2 is 0.855 bits per heavy atom. The molecule has 76 heavy (non-hydrogen) atoms. The third-order valence-corrected chi connectivity index (χ3v) is 13.0. The third-order valence-electron chi connectivity index (χ3n) is 12.0. The molecule has 430 valence electrons. The van der Waals surface area contributed by atoms with Crippen LogP contribution in [0.2, 0.25) is 0 Å². The van der Waals surface area contributed by atoms with Gasteiger partial charge in [0.2, 0.25) is 5.91 Å². The van der Waals surface area contributed by atoms with Crippen molar-refractivity contribution in [3.8, 4) is 0 Å². The van der Waals surface area contributed by atoms with Crippen molar-refractivity contribution in [3.63, 3.8) is 0 Å². The fourth-order valence-corrected chi connectivity index (χ4v) is 8.22. The van der Waals surface area contributed by atoms with Gasteiger partial charge in [-0.2, -0.15) is 0 Å². The standard InChI is InChI=1S/C66H109N2O7P/c1-7-10-13-16-19-22-25-28-30-32-33-34-35-37-39-41-44-47-50-53-56-59-66(70)75-64(57-54-51-48-45-42-27-24-21-18-15-12-9-3)63(62-74-76(71,72)73-61-60-68(4,5)6)67-65(69)58-55-52-49-46-43-40-38-36-31-29-26-23-20-17-14-11-8-2/h10-11,13-14,19-20,22-23,28-31,33-34,37-40,44,46-47,49,54,57,63-64H,7-9,12,15-18,21,24-27,32,35-36,41-43,45,48,50-53,55-56,58-62H2,1-6H3,(H-,67,69,71,72)/b13-10-,14-11-,22-19-,23-20-,30-28-,31-29-,34-33-,39-37-,40-38-,47-44-,49-46-,57-54+. The summed E-state index contributed by atoms with van der Waals surface area (Å²) in [6, 6.07) is -0.947. The zero-order valence-electron chi connectivity index (χ0n) is 48.9. The lowest BCUT2D eigenvalue weighted by atomic mass is 10.1. The summed E-state index contributed by atoms with van der Waals surface area (Å²) in [6.45, 7) is 6.50. The first-order valence-corrected chi connectivity index (χ1v) is 31.1. The lowest BCUT2D eigenvalue weighted by Crippen LogP contribution is -2.47. The maximum atomic E-state index is 13.5. The Hall–Kier alpha value is -4.11. The summed E-state index contributed by atoms with van der Waals surface area (Å²) in [5.74, 6) is -0.674. The number of unbranched alkanes of at least 4 members (excludes halogenated alkanes) is 13. The van der Waals surface area contributed by atoms with Gasteiger partial charge in [-0.25, -0.2) is 0 Å². The van der Waals surface area contributed by atoms with E-state index in [2.05, 4.69) is 160 Å². The van der Waals surface area contributed by atoms with Crippen LogP contribution in [-0.2, 0) is 27.9 Å². The van der Waals surface area contributed by atoms with Crippen molar-refractivity contribution in [2.75, 3.05) is 40.9 Å². The molecule has 0 aromatic heterocycles. The molecule has 0 rings (SSSR count). The summed E-state index contributed by atoms with van der Waals surface area (Å²) < 4.78 is 30.2. The first kappa shape index (κ1) is 71.9. The number of likely N-dealkylation sites (N-methyl/N-ethyl adjacent to an activating group) is 1. The minimum Gasteiger partial charge on any atom is -0.756 e. The lowest BCUT2D eigenvalue weighted by molar-refractivity contribution is -0.870. The van der Waals surface area contributed by atoms with E-state index in [4.69, 9.17) is 13.8 Å². The van der Waals surface area contributed by atoms with Gasteiger partial charge in [0.05, 0.1) is 33.8 Å². The predicted molar refractivity (Wildman–Crippen MR) is 325 cm³/mol. The lowest BCUT2D eigenvalue weighted by Gasteiger charge is -2.30. The topological polar surface area (TPSA) is 114 Å². The molecule has 9 nitrogen and oxygen atoms in total. The van der Waals surface area contributed by atoms with Crippen LogP contribution in [0.3, 0.4) is 0 Å². The van der Waals surface area contributed by atoms with E-state index in [1.54, 1.807) is 6.08 Å². The second kappa shape index (κ2) is 54.3. The van der Waals surface area contributed by atoms with Crippen LogP contribution in [0.4, 0.5) is 0 Å². The molecule has 3 unspecified atom stereocenters. The molecule has 3 atom stereocenters. The van der Waals surface area contributed by atoms with Crippen LogP contribution in [0, 0.1) is 0 Å². The summed E-state index contributed by atoms with van der Waals surface area (Å²) >= 11 is 0. The van der Waals surface area contributed by atoms with Gasteiger partial charge in [0.25, 0.3) is 7.82 Å². The van der Waals surface area contributed by atoms with Crippen LogP contribution >= 0.6 is 7.82 Å². The first-order chi connectivity index (χ1) is 36.9. The van der Waals surface area contributed by atoms with Gasteiger partial charge in [-0.05, 0) is 122 Å². The van der Waals surface area contributed by atoms with E-state index in [9.17, 15) is 19.0 Å². The molecule has 0 saturated carbocycles. The molecule has 1 N–H and O–H groups in total. The van der Waals surface area contributed by atoms with Crippen LogP contribution < -0.4 is 10.2 Å². The van der Waals surface area contributed by atoms with Gasteiger partial charge in [0, 0.05) is 12.8 Å². The number of amides is 1. The number of nitrogens with one attached hydrogen (secondary N) is 1. The normalized spacial score (nSPS) is 14.8. The minimum absolute atomic E-state index is 0.0488. The highest BCUT2D eigenvalue weighted by atomic mass is 31.2. The number of allylic oxidation sites excluding steroid dienone is 23. The zero-order valence-corrected chi connectivity index (χ0v) is 49.8. The average Bonchev–Trinajstić information content (AvgIpc) is 3.38. The molecular weight excluding hydrogens is 964 g/mol. The summed E-state index contributed by atoms with van der Waals surface area (Å²) in [5.41, 5.74) is 0. The maximum Gasteiger partial charge on any atom is 0.306 e. The molecule has 0 aliphatic rings. The van der Waals surface area contributed by atoms with Gasteiger partial charge in [0.15, 0.2) is 0 Å². The second-order valence-electron chi connectivity index (χ2n) is 20.4. The van der Waals surface area contributed by atoms with E-state index in [-0.39, 0.29) is 25.4 Å². The van der Waals surface area contributed by atoms with Crippen LogP contribution in [0.25, 0.3) is 0 Å². The molecule has 0 aliphatic heterocycles. The number of hydrogen-bond donors (Lipinski definition) is 1. The van der Waals surface area contributed by atoms with Gasteiger partial charge in [-0.1, -0.05) is 218 Å². The number of rotatable bonds is 51. The van der Waals surface area contributed by atoms with Gasteiger partial charge >= 0.3 is 5.97 Å².